The van der Waals surface area contributed by atoms with Crippen molar-refractivity contribution in [3.05, 3.63) is 18.5 Å². The maximum absolute atomic E-state index is 10.5. The zero-order valence-electron chi connectivity index (χ0n) is 9.91. The topological polar surface area (TPSA) is 92.3 Å². The maximum atomic E-state index is 10.5. The van der Waals surface area contributed by atoms with Crippen molar-refractivity contribution in [1.82, 2.24) is 9.97 Å². The zero-order chi connectivity index (χ0) is 12.7. The van der Waals surface area contributed by atoms with Gasteiger partial charge >= 0.3 is 5.97 Å². The van der Waals surface area contributed by atoms with Crippen LogP contribution in [0.3, 0.4) is 0 Å². The second-order valence-corrected chi connectivity index (χ2v) is 3.91. The van der Waals surface area contributed by atoms with Crippen molar-refractivity contribution in [2.24, 2.45) is 5.73 Å². The second-order valence-electron chi connectivity index (χ2n) is 3.91. The van der Waals surface area contributed by atoms with Crippen LogP contribution in [0.15, 0.2) is 18.5 Å². The molecule has 0 radical (unpaired) electrons. The third kappa shape index (κ3) is 4.78. The Morgan fingerprint density at radius 2 is 2.12 bits per heavy atom. The van der Waals surface area contributed by atoms with Crippen LogP contribution in [0.1, 0.15) is 19.3 Å². The van der Waals surface area contributed by atoms with E-state index in [1.165, 1.54) is 0 Å². The lowest BCUT2D eigenvalue weighted by atomic mass is 10.1. The molecular weight excluding hydrogens is 220 g/mol. The van der Waals surface area contributed by atoms with Gasteiger partial charge in [0.05, 0.1) is 0 Å². The van der Waals surface area contributed by atoms with E-state index in [1.807, 2.05) is 11.9 Å². The first-order valence-corrected chi connectivity index (χ1v) is 5.58. The van der Waals surface area contributed by atoms with Crippen LogP contribution in [-0.4, -0.2) is 40.7 Å². The molecule has 0 aliphatic heterocycles. The molecule has 94 valence electrons. The molecular formula is C11H18N4O2. The number of hydrogen-bond donors (Lipinski definition) is 2. The van der Waals surface area contributed by atoms with Crippen LogP contribution in [0.5, 0.6) is 0 Å². The molecule has 1 aromatic rings. The van der Waals surface area contributed by atoms with E-state index in [0.717, 1.165) is 19.4 Å². The van der Waals surface area contributed by atoms with Gasteiger partial charge in [0.25, 0.3) is 0 Å². The van der Waals surface area contributed by atoms with Crippen molar-refractivity contribution in [3.8, 4) is 0 Å². The predicted molar refractivity (Wildman–Crippen MR) is 64.8 cm³/mol. The first-order chi connectivity index (χ1) is 8.11. The van der Waals surface area contributed by atoms with E-state index in [1.54, 1.807) is 18.5 Å². The number of hydrogen-bond acceptors (Lipinski definition) is 5. The summed E-state index contributed by atoms with van der Waals surface area (Å²) in [5.74, 6) is -0.264. The lowest BCUT2D eigenvalue weighted by Gasteiger charge is -2.16. The van der Waals surface area contributed by atoms with Gasteiger partial charge < -0.3 is 15.7 Å². The first-order valence-electron chi connectivity index (χ1n) is 5.58. The molecule has 0 aliphatic rings. The van der Waals surface area contributed by atoms with Crippen LogP contribution >= 0.6 is 0 Å². The Hall–Kier alpha value is -1.69. The molecule has 0 bridgehead atoms. The molecule has 0 aromatic carbocycles. The monoisotopic (exact) mass is 238 g/mol. The van der Waals surface area contributed by atoms with Gasteiger partial charge in [0.2, 0.25) is 5.95 Å². The third-order valence-electron chi connectivity index (χ3n) is 2.47. The van der Waals surface area contributed by atoms with E-state index >= 15 is 0 Å². The van der Waals surface area contributed by atoms with Crippen LogP contribution in [0.4, 0.5) is 5.95 Å². The molecule has 1 aromatic heterocycles. The van der Waals surface area contributed by atoms with E-state index in [2.05, 4.69) is 9.97 Å². The summed E-state index contributed by atoms with van der Waals surface area (Å²) in [5.41, 5.74) is 5.41. The normalized spacial score (nSPS) is 12.1. The molecule has 1 heterocycles. The molecule has 0 amide bonds. The van der Waals surface area contributed by atoms with Crippen molar-refractivity contribution >= 4 is 11.9 Å². The summed E-state index contributed by atoms with van der Waals surface area (Å²) in [6, 6.07) is 1.01. The minimum absolute atomic E-state index is 0.499. The Morgan fingerprint density at radius 1 is 1.47 bits per heavy atom. The zero-order valence-corrected chi connectivity index (χ0v) is 9.91. The molecule has 17 heavy (non-hydrogen) atoms. The number of unbranched alkanes of at least 4 members (excludes halogenated alkanes) is 1. The quantitative estimate of drug-likeness (QED) is 0.672. The van der Waals surface area contributed by atoms with Crippen molar-refractivity contribution < 1.29 is 9.90 Å². The number of aliphatic carboxylic acids is 1. The van der Waals surface area contributed by atoms with Crippen molar-refractivity contribution in [1.29, 1.82) is 0 Å². The fraction of sp³-hybridized carbons (Fsp3) is 0.545. The van der Waals surface area contributed by atoms with E-state index in [4.69, 9.17) is 10.8 Å². The number of nitrogens with zero attached hydrogens (tertiary/aromatic N) is 3. The number of rotatable bonds is 7. The Bertz CT molecular complexity index is 345. The highest BCUT2D eigenvalue weighted by Gasteiger charge is 2.10. The number of anilines is 1. The van der Waals surface area contributed by atoms with Crippen LogP contribution in [0.25, 0.3) is 0 Å². The average molecular weight is 238 g/mol. The molecule has 0 aliphatic carbocycles. The van der Waals surface area contributed by atoms with Gasteiger partial charge in [-0.05, 0) is 25.3 Å². The number of nitrogens with two attached hydrogens (primary N) is 1. The summed E-state index contributed by atoms with van der Waals surface area (Å²) >= 11 is 0. The lowest BCUT2D eigenvalue weighted by molar-refractivity contribution is -0.138. The van der Waals surface area contributed by atoms with Gasteiger partial charge in [0.15, 0.2) is 0 Å². The molecule has 0 spiro atoms. The maximum Gasteiger partial charge on any atom is 0.320 e. The molecule has 1 atom stereocenters. The molecule has 6 heteroatoms. The highest BCUT2D eigenvalue weighted by molar-refractivity contribution is 5.72. The van der Waals surface area contributed by atoms with E-state index < -0.39 is 12.0 Å². The summed E-state index contributed by atoms with van der Waals surface area (Å²) in [5, 5.41) is 8.61. The molecule has 0 saturated carbocycles. The summed E-state index contributed by atoms with van der Waals surface area (Å²) in [6.45, 7) is 0.788. The van der Waals surface area contributed by atoms with Crippen LogP contribution in [0.2, 0.25) is 0 Å². The summed E-state index contributed by atoms with van der Waals surface area (Å²) in [7, 11) is 1.91. The SMILES string of the molecule is CN(CCCC[C@H](N)C(=O)O)c1ncccn1. The molecule has 1 rings (SSSR count). The van der Waals surface area contributed by atoms with Crippen LogP contribution in [-0.2, 0) is 4.79 Å². The van der Waals surface area contributed by atoms with Crippen LogP contribution < -0.4 is 10.6 Å². The van der Waals surface area contributed by atoms with E-state index in [0.29, 0.717) is 12.4 Å². The summed E-state index contributed by atoms with van der Waals surface area (Å²) in [4.78, 5) is 20.7. The van der Waals surface area contributed by atoms with Gasteiger partial charge in [-0.2, -0.15) is 0 Å². The smallest absolute Gasteiger partial charge is 0.320 e. The predicted octanol–water partition coefficient (Wildman–Crippen LogP) is 0.495. The molecule has 0 fully saturated rings. The fourth-order valence-corrected chi connectivity index (χ4v) is 1.43. The number of carboxylic acid groups (broad SMARTS) is 1. The fourth-order valence-electron chi connectivity index (χ4n) is 1.43. The Balaban J connectivity index is 2.21. The molecule has 6 nitrogen and oxygen atoms in total. The van der Waals surface area contributed by atoms with Gasteiger partial charge in [-0.15, -0.1) is 0 Å². The minimum atomic E-state index is -0.940. The standard InChI is InChI=1S/C11H18N4O2/c1-15(11-13-6-4-7-14-11)8-3-2-5-9(12)10(16)17/h4,6-7,9H,2-3,5,8,12H2,1H3,(H,16,17)/t9-/m0/s1. The van der Waals surface area contributed by atoms with Crippen LogP contribution in [0, 0.1) is 0 Å². The van der Waals surface area contributed by atoms with Gasteiger partial charge in [-0.1, -0.05) is 0 Å². The first kappa shape index (κ1) is 13.4. The highest BCUT2D eigenvalue weighted by atomic mass is 16.4. The second kappa shape index (κ2) is 6.80. The van der Waals surface area contributed by atoms with Gasteiger partial charge in [-0.3, -0.25) is 4.79 Å². The molecule has 3 N–H and O–H groups in total. The van der Waals surface area contributed by atoms with Crippen molar-refractivity contribution in [2.75, 3.05) is 18.5 Å². The number of carboxylic acids is 1. The Labute approximate surface area is 100 Å². The van der Waals surface area contributed by atoms with Gasteiger partial charge in [0, 0.05) is 26.0 Å². The third-order valence-corrected chi connectivity index (χ3v) is 2.47. The molecule has 0 unspecified atom stereocenters. The van der Waals surface area contributed by atoms with E-state index in [9.17, 15) is 4.79 Å². The number of carbonyl (C=O) groups is 1. The lowest BCUT2D eigenvalue weighted by Crippen LogP contribution is -2.30. The van der Waals surface area contributed by atoms with Crippen molar-refractivity contribution in [2.45, 2.75) is 25.3 Å². The minimum Gasteiger partial charge on any atom is -0.480 e. The Kier molecular flexibility index (Phi) is 5.35. The summed E-state index contributed by atoms with van der Waals surface area (Å²) in [6.07, 6.45) is 5.54. The van der Waals surface area contributed by atoms with Gasteiger partial charge in [0.1, 0.15) is 6.04 Å². The molecule has 0 saturated heterocycles. The Morgan fingerprint density at radius 3 is 2.71 bits per heavy atom. The number of aromatic nitrogens is 2. The van der Waals surface area contributed by atoms with E-state index in [-0.39, 0.29) is 0 Å². The summed E-state index contributed by atoms with van der Waals surface area (Å²) < 4.78 is 0. The highest BCUT2D eigenvalue weighted by Crippen LogP contribution is 2.05. The largest absolute Gasteiger partial charge is 0.480 e. The van der Waals surface area contributed by atoms with Gasteiger partial charge in [-0.25, -0.2) is 9.97 Å². The average Bonchev–Trinajstić information content (AvgIpc) is 2.35. The van der Waals surface area contributed by atoms with Crippen molar-refractivity contribution in [3.63, 3.8) is 0 Å².